The molecule has 1 saturated heterocycles. The van der Waals surface area contributed by atoms with E-state index in [-0.39, 0.29) is 11.6 Å². The fourth-order valence-electron chi connectivity index (χ4n) is 2.89. The molecule has 0 saturated carbocycles. The van der Waals surface area contributed by atoms with E-state index in [0.29, 0.717) is 24.7 Å². The Labute approximate surface area is 128 Å². The summed E-state index contributed by atoms with van der Waals surface area (Å²) in [6.07, 6.45) is 3.95. The summed E-state index contributed by atoms with van der Waals surface area (Å²) >= 11 is 0. The monoisotopic (exact) mass is 303 g/mol. The lowest BCUT2D eigenvalue weighted by molar-refractivity contribution is -0.132. The maximum Gasteiger partial charge on any atom is 0.350 e. The molecule has 2 aromatic heterocycles. The minimum atomic E-state index is -0.201. The second kappa shape index (κ2) is 6.31. The van der Waals surface area contributed by atoms with Crippen LogP contribution in [0.15, 0.2) is 29.2 Å². The fraction of sp³-hybridized carbons (Fsp3) is 0.533. The van der Waals surface area contributed by atoms with E-state index in [2.05, 4.69) is 10.4 Å². The third kappa shape index (κ3) is 2.89. The number of piperidine rings is 1. The Bertz CT molecular complexity index is 714. The summed E-state index contributed by atoms with van der Waals surface area (Å²) in [5, 5.41) is 7.54. The molecule has 7 nitrogen and oxygen atoms in total. The van der Waals surface area contributed by atoms with E-state index in [4.69, 9.17) is 0 Å². The van der Waals surface area contributed by atoms with Crippen LogP contribution < -0.4 is 11.0 Å². The first-order valence-electron chi connectivity index (χ1n) is 7.67. The van der Waals surface area contributed by atoms with E-state index < -0.39 is 0 Å². The second-order valence-electron chi connectivity index (χ2n) is 5.67. The fourth-order valence-corrected chi connectivity index (χ4v) is 2.89. The van der Waals surface area contributed by atoms with Crippen LogP contribution in [0.4, 0.5) is 0 Å². The molecule has 1 N–H and O–H groups in total. The highest BCUT2D eigenvalue weighted by molar-refractivity contribution is 5.76. The van der Waals surface area contributed by atoms with Gasteiger partial charge in [-0.2, -0.15) is 0 Å². The number of aryl methyl sites for hydroxylation is 1. The van der Waals surface area contributed by atoms with Crippen molar-refractivity contribution in [3.8, 4) is 0 Å². The SMILES string of the molecule is CN(C(=O)CCn1nc2ccccn2c1=O)C1CCNCC1. The third-order valence-corrected chi connectivity index (χ3v) is 4.28. The lowest BCUT2D eigenvalue weighted by Gasteiger charge is -2.31. The van der Waals surface area contributed by atoms with Crippen LogP contribution in [0.1, 0.15) is 19.3 Å². The number of hydrogen-bond acceptors (Lipinski definition) is 4. The summed E-state index contributed by atoms with van der Waals surface area (Å²) in [5.74, 6) is 0.0656. The van der Waals surface area contributed by atoms with Crippen molar-refractivity contribution in [3.63, 3.8) is 0 Å². The maximum atomic E-state index is 12.3. The van der Waals surface area contributed by atoms with Gasteiger partial charge in [0.15, 0.2) is 5.65 Å². The van der Waals surface area contributed by atoms with Crippen LogP contribution in [0.3, 0.4) is 0 Å². The summed E-state index contributed by atoms with van der Waals surface area (Å²) in [6.45, 7) is 2.22. The van der Waals surface area contributed by atoms with Crippen LogP contribution in [0.5, 0.6) is 0 Å². The largest absolute Gasteiger partial charge is 0.350 e. The second-order valence-corrected chi connectivity index (χ2v) is 5.67. The molecule has 3 rings (SSSR count). The highest BCUT2D eigenvalue weighted by Gasteiger charge is 2.21. The van der Waals surface area contributed by atoms with Crippen molar-refractivity contribution < 1.29 is 4.79 Å². The molecule has 0 aromatic carbocycles. The van der Waals surface area contributed by atoms with Gasteiger partial charge in [-0.15, -0.1) is 5.10 Å². The first-order chi connectivity index (χ1) is 10.7. The van der Waals surface area contributed by atoms with E-state index in [1.54, 1.807) is 18.3 Å². The summed E-state index contributed by atoms with van der Waals surface area (Å²) in [5.41, 5.74) is 0.402. The van der Waals surface area contributed by atoms with E-state index in [9.17, 15) is 9.59 Å². The predicted octanol–water partition coefficient (Wildman–Crippen LogP) is 0.0965. The molecule has 3 heterocycles. The van der Waals surface area contributed by atoms with Crippen molar-refractivity contribution in [2.24, 2.45) is 0 Å². The lowest BCUT2D eigenvalue weighted by Crippen LogP contribution is -2.44. The van der Waals surface area contributed by atoms with Gasteiger partial charge in [0.05, 0.1) is 6.54 Å². The molecule has 0 bridgehead atoms. The summed E-state index contributed by atoms with van der Waals surface area (Å²) in [7, 11) is 1.85. The molecule has 22 heavy (non-hydrogen) atoms. The molecule has 1 fully saturated rings. The molecular formula is C15H21N5O2. The molecule has 1 amide bonds. The zero-order valence-electron chi connectivity index (χ0n) is 12.7. The number of carbonyl (C=O) groups is 1. The van der Waals surface area contributed by atoms with Gasteiger partial charge in [0, 0.05) is 25.7 Å². The molecule has 0 atom stereocenters. The van der Waals surface area contributed by atoms with Crippen LogP contribution in [0.2, 0.25) is 0 Å². The number of nitrogens with zero attached hydrogens (tertiary/aromatic N) is 4. The molecule has 118 valence electrons. The number of nitrogens with one attached hydrogen (secondary N) is 1. The van der Waals surface area contributed by atoms with Crippen molar-refractivity contribution in [2.45, 2.75) is 31.8 Å². The van der Waals surface area contributed by atoms with Gasteiger partial charge in [-0.3, -0.25) is 9.20 Å². The minimum Gasteiger partial charge on any atom is -0.343 e. The molecule has 2 aromatic rings. The zero-order chi connectivity index (χ0) is 15.5. The van der Waals surface area contributed by atoms with Gasteiger partial charge in [-0.1, -0.05) is 6.07 Å². The number of amides is 1. The van der Waals surface area contributed by atoms with E-state index in [1.165, 1.54) is 9.08 Å². The standard InChI is InChI=1S/C15H21N5O2/c1-18(12-5-8-16-9-6-12)14(21)7-11-20-15(22)19-10-3-2-4-13(19)17-20/h2-4,10,12,16H,5-9,11H2,1H3. The molecule has 0 aliphatic carbocycles. The topological polar surface area (TPSA) is 71.6 Å². The first-order valence-corrected chi connectivity index (χ1v) is 7.67. The third-order valence-electron chi connectivity index (χ3n) is 4.28. The van der Waals surface area contributed by atoms with E-state index >= 15 is 0 Å². The highest BCUT2D eigenvalue weighted by Crippen LogP contribution is 2.11. The average molecular weight is 303 g/mol. The quantitative estimate of drug-likeness (QED) is 0.869. The van der Waals surface area contributed by atoms with Gasteiger partial charge in [-0.25, -0.2) is 9.48 Å². The lowest BCUT2D eigenvalue weighted by atomic mass is 10.1. The Kier molecular flexibility index (Phi) is 4.24. The number of aromatic nitrogens is 3. The summed E-state index contributed by atoms with van der Waals surface area (Å²) < 4.78 is 2.85. The number of hydrogen-bond donors (Lipinski definition) is 1. The van der Waals surface area contributed by atoms with Crippen molar-refractivity contribution in [3.05, 3.63) is 34.9 Å². The number of fused-ring (bicyclic) bond motifs is 1. The number of rotatable bonds is 4. The van der Waals surface area contributed by atoms with Gasteiger partial charge < -0.3 is 10.2 Å². The Morgan fingerprint density at radius 3 is 2.91 bits per heavy atom. The Morgan fingerprint density at radius 1 is 1.41 bits per heavy atom. The number of pyridine rings is 1. The van der Waals surface area contributed by atoms with Gasteiger partial charge in [0.2, 0.25) is 5.91 Å². The van der Waals surface area contributed by atoms with Crippen LogP contribution >= 0.6 is 0 Å². The highest BCUT2D eigenvalue weighted by atomic mass is 16.2. The van der Waals surface area contributed by atoms with Crippen molar-refractivity contribution in [2.75, 3.05) is 20.1 Å². The van der Waals surface area contributed by atoms with Crippen LogP contribution in [-0.2, 0) is 11.3 Å². The van der Waals surface area contributed by atoms with Crippen molar-refractivity contribution in [1.82, 2.24) is 24.4 Å². The van der Waals surface area contributed by atoms with Crippen molar-refractivity contribution in [1.29, 1.82) is 0 Å². The Balaban J connectivity index is 1.64. The van der Waals surface area contributed by atoms with E-state index in [0.717, 1.165) is 25.9 Å². The summed E-state index contributed by atoms with van der Waals surface area (Å²) in [4.78, 5) is 26.3. The Hall–Kier alpha value is -2.15. The van der Waals surface area contributed by atoms with Gasteiger partial charge in [0.25, 0.3) is 0 Å². The molecule has 1 aliphatic rings. The molecule has 0 unspecified atom stereocenters. The maximum absolute atomic E-state index is 12.3. The minimum absolute atomic E-state index is 0.0656. The predicted molar refractivity (Wildman–Crippen MR) is 82.7 cm³/mol. The van der Waals surface area contributed by atoms with Crippen molar-refractivity contribution >= 4 is 11.6 Å². The average Bonchev–Trinajstić information content (AvgIpc) is 2.89. The van der Waals surface area contributed by atoms with Crippen LogP contribution in [0.25, 0.3) is 5.65 Å². The molecule has 7 heteroatoms. The number of carbonyl (C=O) groups excluding carboxylic acids is 1. The van der Waals surface area contributed by atoms with Crippen LogP contribution in [0, 0.1) is 0 Å². The van der Waals surface area contributed by atoms with Gasteiger partial charge in [-0.05, 0) is 38.1 Å². The summed E-state index contributed by atoms with van der Waals surface area (Å²) in [6, 6.07) is 5.70. The van der Waals surface area contributed by atoms with Crippen LogP contribution in [-0.4, -0.2) is 51.2 Å². The molecule has 1 aliphatic heterocycles. The molecular weight excluding hydrogens is 282 g/mol. The Morgan fingerprint density at radius 2 is 2.18 bits per heavy atom. The first kappa shape index (κ1) is 14.8. The normalized spacial score (nSPS) is 16.0. The van der Waals surface area contributed by atoms with E-state index in [1.807, 2.05) is 18.0 Å². The molecule has 0 spiro atoms. The smallest absolute Gasteiger partial charge is 0.343 e. The van der Waals surface area contributed by atoms with Gasteiger partial charge in [0.1, 0.15) is 0 Å². The van der Waals surface area contributed by atoms with Gasteiger partial charge >= 0.3 is 5.69 Å². The zero-order valence-corrected chi connectivity index (χ0v) is 12.7. The molecule has 0 radical (unpaired) electrons.